The zero-order chi connectivity index (χ0) is 18.6. The van der Waals surface area contributed by atoms with E-state index in [1.54, 1.807) is 0 Å². The molecule has 0 aliphatic heterocycles. The van der Waals surface area contributed by atoms with E-state index in [0.717, 1.165) is 27.8 Å². The van der Waals surface area contributed by atoms with Crippen LogP contribution in [0.2, 0.25) is 0 Å². The van der Waals surface area contributed by atoms with Gasteiger partial charge < -0.3 is 0 Å². The van der Waals surface area contributed by atoms with E-state index in [0.29, 0.717) is 0 Å². The molecule has 0 spiro atoms. The van der Waals surface area contributed by atoms with E-state index in [2.05, 4.69) is 4.72 Å². The second kappa shape index (κ2) is 7.85. The van der Waals surface area contributed by atoms with Gasteiger partial charge in [-0.3, -0.25) is 0 Å². The average molecular weight is 365 g/mol. The van der Waals surface area contributed by atoms with E-state index in [1.807, 2.05) is 92.7 Å². The lowest BCUT2D eigenvalue weighted by atomic mass is 9.96. The minimum Gasteiger partial charge on any atom is -0.212 e. The Balaban J connectivity index is 1.92. The number of hydrogen-bond donors (Lipinski definition) is 1. The number of aryl methyl sites for hydroxylation is 2. The third-order valence-corrected chi connectivity index (χ3v) is 5.72. The molecule has 0 bridgehead atoms. The fraction of sp³-hybridized carbons (Fsp3) is 0.182. The standard InChI is InChI=1S/C22H23NO2S/c1-17-12-14-19(15-13-17)16-26(24,25)23-22(20-9-4-3-5-10-20)21-11-7-6-8-18(21)2/h3-15,22-23H,16H2,1-2H3/t22-/m1/s1. The fourth-order valence-electron chi connectivity index (χ4n) is 2.99. The van der Waals surface area contributed by atoms with E-state index >= 15 is 0 Å². The first kappa shape index (κ1) is 18.4. The number of rotatable bonds is 6. The number of nitrogens with one attached hydrogen (secondary N) is 1. The van der Waals surface area contributed by atoms with Gasteiger partial charge in [0.2, 0.25) is 10.0 Å². The fourth-order valence-corrected chi connectivity index (χ4v) is 4.33. The van der Waals surface area contributed by atoms with Crippen LogP contribution in [0, 0.1) is 13.8 Å². The number of hydrogen-bond acceptors (Lipinski definition) is 2. The molecular formula is C22H23NO2S. The molecule has 0 fully saturated rings. The van der Waals surface area contributed by atoms with Crippen molar-refractivity contribution in [2.24, 2.45) is 0 Å². The van der Waals surface area contributed by atoms with Crippen molar-refractivity contribution in [3.63, 3.8) is 0 Å². The molecule has 3 aromatic rings. The summed E-state index contributed by atoms with van der Waals surface area (Å²) >= 11 is 0. The van der Waals surface area contributed by atoms with E-state index in [-0.39, 0.29) is 5.75 Å². The number of sulfonamides is 1. The first-order valence-electron chi connectivity index (χ1n) is 8.61. The molecule has 0 aromatic heterocycles. The van der Waals surface area contributed by atoms with Crippen LogP contribution in [-0.2, 0) is 15.8 Å². The summed E-state index contributed by atoms with van der Waals surface area (Å²) in [6.07, 6.45) is 0. The maximum atomic E-state index is 12.8. The monoisotopic (exact) mass is 365 g/mol. The van der Waals surface area contributed by atoms with Crippen molar-refractivity contribution >= 4 is 10.0 Å². The smallest absolute Gasteiger partial charge is 0.212 e. The van der Waals surface area contributed by atoms with Crippen LogP contribution >= 0.6 is 0 Å². The molecule has 134 valence electrons. The van der Waals surface area contributed by atoms with Crippen molar-refractivity contribution in [2.75, 3.05) is 0 Å². The molecule has 3 rings (SSSR count). The Labute approximate surface area is 155 Å². The molecule has 0 unspecified atom stereocenters. The summed E-state index contributed by atoms with van der Waals surface area (Å²) in [6, 6.07) is 24.7. The molecule has 0 heterocycles. The maximum Gasteiger partial charge on any atom is 0.216 e. The van der Waals surface area contributed by atoms with Crippen LogP contribution in [0.1, 0.15) is 33.9 Å². The Morgan fingerprint density at radius 2 is 1.42 bits per heavy atom. The second-order valence-electron chi connectivity index (χ2n) is 6.56. The van der Waals surface area contributed by atoms with Crippen LogP contribution in [0.15, 0.2) is 78.9 Å². The topological polar surface area (TPSA) is 46.2 Å². The predicted octanol–water partition coefficient (Wildman–Crippen LogP) is 4.51. The molecule has 3 aromatic carbocycles. The molecule has 1 atom stereocenters. The Morgan fingerprint density at radius 1 is 0.808 bits per heavy atom. The molecule has 0 aliphatic rings. The van der Waals surface area contributed by atoms with E-state index in [1.165, 1.54) is 0 Å². The third-order valence-electron chi connectivity index (χ3n) is 4.41. The van der Waals surface area contributed by atoms with Crippen LogP contribution in [0.4, 0.5) is 0 Å². The molecule has 0 amide bonds. The molecule has 26 heavy (non-hydrogen) atoms. The van der Waals surface area contributed by atoms with Crippen molar-refractivity contribution in [3.05, 3.63) is 107 Å². The van der Waals surface area contributed by atoms with Crippen molar-refractivity contribution in [1.29, 1.82) is 0 Å². The van der Waals surface area contributed by atoms with Crippen LogP contribution in [0.3, 0.4) is 0 Å². The average Bonchev–Trinajstić information content (AvgIpc) is 2.63. The van der Waals surface area contributed by atoms with Gasteiger partial charge in [-0.15, -0.1) is 0 Å². The van der Waals surface area contributed by atoms with Crippen molar-refractivity contribution in [1.82, 2.24) is 4.72 Å². The molecule has 0 saturated carbocycles. The lowest BCUT2D eigenvalue weighted by Crippen LogP contribution is -2.31. The molecule has 0 aliphatic carbocycles. The summed E-state index contributed by atoms with van der Waals surface area (Å²) in [5.74, 6) is -0.0392. The van der Waals surface area contributed by atoms with Crippen LogP contribution < -0.4 is 4.72 Å². The maximum absolute atomic E-state index is 12.8. The SMILES string of the molecule is Cc1ccc(CS(=O)(=O)N[C@H](c2ccccc2)c2ccccc2C)cc1. The van der Waals surface area contributed by atoms with Gasteiger partial charge in [0.1, 0.15) is 0 Å². The molecule has 4 heteroatoms. The van der Waals surface area contributed by atoms with Gasteiger partial charge in [0.15, 0.2) is 0 Å². The van der Waals surface area contributed by atoms with Crippen LogP contribution in [0.5, 0.6) is 0 Å². The Hall–Kier alpha value is -2.43. The van der Waals surface area contributed by atoms with Crippen LogP contribution in [-0.4, -0.2) is 8.42 Å². The summed E-state index contributed by atoms with van der Waals surface area (Å²) in [7, 11) is -3.51. The Kier molecular flexibility index (Phi) is 5.55. The van der Waals surface area contributed by atoms with Gasteiger partial charge in [-0.25, -0.2) is 13.1 Å². The van der Waals surface area contributed by atoms with Gasteiger partial charge in [0.05, 0.1) is 11.8 Å². The highest BCUT2D eigenvalue weighted by Crippen LogP contribution is 2.26. The van der Waals surface area contributed by atoms with Gasteiger partial charge in [0, 0.05) is 0 Å². The predicted molar refractivity (Wildman–Crippen MR) is 106 cm³/mol. The van der Waals surface area contributed by atoms with Crippen molar-refractivity contribution in [3.8, 4) is 0 Å². The highest BCUT2D eigenvalue weighted by atomic mass is 32.2. The summed E-state index contributed by atoms with van der Waals surface area (Å²) in [5.41, 5.74) is 4.83. The summed E-state index contributed by atoms with van der Waals surface area (Å²) in [4.78, 5) is 0. The quantitative estimate of drug-likeness (QED) is 0.698. The lowest BCUT2D eigenvalue weighted by molar-refractivity contribution is 0.571. The molecule has 1 N–H and O–H groups in total. The highest BCUT2D eigenvalue weighted by molar-refractivity contribution is 7.88. The molecular weight excluding hydrogens is 342 g/mol. The Bertz CT molecular complexity index is 965. The van der Waals surface area contributed by atoms with Crippen LogP contribution in [0.25, 0.3) is 0 Å². The van der Waals surface area contributed by atoms with E-state index in [9.17, 15) is 8.42 Å². The van der Waals surface area contributed by atoms with Gasteiger partial charge in [-0.05, 0) is 36.1 Å². The van der Waals surface area contributed by atoms with Crippen molar-refractivity contribution in [2.45, 2.75) is 25.6 Å². The second-order valence-corrected chi connectivity index (χ2v) is 8.32. The molecule has 0 radical (unpaired) electrons. The zero-order valence-corrected chi connectivity index (χ0v) is 15.8. The van der Waals surface area contributed by atoms with Gasteiger partial charge >= 0.3 is 0 Å². The van der Waals surface area contributed by atoms with E-state index in [4.69, 9.17) is 0 Å². The van der Waals surface area contributed by atoms with Gasteiger partial charge in [-0.2, -0.15) is 0 Å². The lowest BCUT2D eigenvalue weighted by Gasteiger charge is -2.21. The number of benzene rings is 3. The van der Waals surface area contributed by atoms with E-state index < -0.39 is 16.1 Å². The largest absolute Gasteiger partial charge is 0.216 e. The minimum atomic E-state index is -3.51. The Morgan fingerprint density at radius 3 is 2.08 bits per heavy atom. The third kappa shape index (κ3) is 4.59. The first-order valence-corrected chi connectivity index (χ1v) is 10.3. The summed E-state index contributed by atoms with van der Waals surface area (Å²) in [6.45, 7) is 3.99. The highest BCUT2D eigenvalue weighted by Gasteiger charge is 2.22. The summed E-state index contributed by atoms with van der Waals surface area (Å²) in [5, 5.41) is 0. The normalized spacial score (nSPS) is 12.7. The summed E-state index contributed by atoms with van der Waals surface area (Å²) < 4.78 is 28.6. The van der Waals surface area contributed by atoms with Gasteiger partial charge in [0.25, 0.3) is 0 Å². The zero-order valence-electron chi connectivity index (χ0n) is 15.0. The molecule has 0 saturated heterocycles. The molecule has 3 nitrogen and oxygen atoms in total. The minimum absolute atomic E-state index is 0.0392. The first-order chi connectivity index (χ1) is 12.4. The van der Waals surface area contributed by atoms with Gasteiger partial charge in [-0.1, -0.05) is 84.4 Å². The van der Waals surface area contributed by atoms with Crippen molar-refractivity contribution < 1.29 is 8.42 Å².